The lowest BCUT2D eigenvalue weighted by molar-refractivity contribution is -0.167. The maximum Gasteiger partial charge on any atom is 0.306 e. The monoisotopic (exact) mass is 995 g/mol. The molecule has 0 aliphatic heterocycles. The van der Waals surface area contributed by atoms with Crippen molar-refractivity contribution in [2.75, 3.05) is 13.2 Å². The lowest BCUT2D eigenvalue weighted by Crippen LogP contribution is -2.30. The minimum atomic E-state index is -0.784. The maximum absolute atomic E-state index is 12.8. The highest BCUT2D eigenvalue weighted by Gasteiger charge is 2.19. The van der Waals surface area contributed by atoms with E-state index in [1.807, 2.05) is 0 Å². The summed E-state index contributed by atoms with van der Waals surface area (Å²) in [7, 11) is 0. The number of rotatable bonds is 57. The molecule has 1 atom stereocenters. The molecule has 6 nitrogen and oxygen atoms in total. The van der Waals surface area contributed by atoms with E-state index in [0.29, 0.717) is 19.3 Å². The average Bonchev–Trinajstić information content (AvgIpc) is 3.37. The van der Waals surface area contributed by atoms with Crippen molar-refractivity contribution in [3.63, 3.8) is 0 Å². The van der Waals surface area contributed by atoms with Crippen molar-refractivity contribution in [2.45, 2.75) is 335 Å². The second-order valence-corrected chi connectivity index (χ2v) is 20.9. The molecular weight excluding hydrogens is 877 g/mol. The van der Waals surface area contributed by atoms with Gasteiger partial charge in [-0.2, -0.15) is 0 Å². The van der Waals surface area contributed by atoms with E-state index in [0.717, 1.165) is 103 Å². The third kappa shape index (κ3) is 58.1. The molecule has 0 fully saturated rings. The molecule has 414 valence electrons. The fourth-order valence-corrected chi connectivity index (χ4v) is 9.16. The molecule has 0 amide bonds. The smallest absolute Gasteiger partial charge is 0.306 e. The average molecular weight is 996 g/mol. The Kier molecular flexibility index (Phi) is 57.7. The maximum atomic E-state index is 12.8. The van der Waals surface area contributed by atoms with Gasteiger partial charge in [-0.25, -0.2) is 0 Å². The van der Waals surface area contributed by atoms with Gasteiger partial charge in [0.05, 0.1) is 0 Å². The highest BCUT2D eigenvalue weighted by molar-refractivity contribution is 5.71. The topological polar surface area (TPSA) is 78.9 Å². The number of hydrogen-bond acceptors (Lipinski definition) is 6. The molecule has 0 aliphatic rings. The minimum Gasteiger partial charge on any atom is -0.462 e. The van der Waals surface area contributed by atoms with Crippen molar-refractivity contribution in [1.29, 1.82) is 0 Å². The number of allylic oxidation sites excluding steroid dienone is 8. The van der Waals surface area contributed by atoms with Crippen molar-refractivity contribution < 1.29 is 28.6 Å². The number of hydrogen-bond donors (Lipinski definition) is 0. The third-order valence-electron chi connectivity index (χ3n) is 13.8. The van der Waals surface area contributed by atoms with Crippen molar-refractivity contribution in [3.8, 4) is 0 Å². The first kappa shape index (κ1) is 68.4. The highest BCUT2D eigenvalue weighted by Crippen LogP contribution is 2.17. The fraction of sp³-hybridized carbons (Fsp3) is 0.831. The van der Waals surface area contributed by atoms with Crippen LogP contribution in [0.25, 0.3) is 0 Å². The Bertz CT molecular complexity index is 1230. The van der Waals surface area contributed by atoms with Gasteiger partial charge in [-0.15, -0.1) is 0 Å². The van der Waals surface area contributed by atoms with Crippen LogP contribution in [0.5, 0.6) is 0 Å². The van der Waals surface area contributed by atoms with Crippen molar-refractivity contribution in [1.82, 2.24) is 0 Å². The van der Waals surface area contributed by atoms with Gasteiger partial charge < -0.3 is 14.2 Å². The van der Waals surface area contributed by atoms with Crippen LogP contribution in [0.1, 0.15) is 329 Å². The number of esters is 3. The number of unbranched alkanes of at least 4 members (excludes halogenated alkanes) is 38. The Morgan fingerprint density at radius 2 is 0.549 bits per heavy atom. The highest BCUT2D eigenvalue weighted by atomic mass is 16.6. The van der Waals surface area contributed by atoms with E-state index in [1.165, 1.54) is 186 Å². The largest absolute Gasteiger partial charge is 0.462 e. The Morgan fingerprint density at radius 1 is 0.296 bits per heavy atom. The minimum absolute atomic E-state index is 0.0798. The summed E-state index contributed by atoms with van der Waals surface area (Å²) in [4.78, 5) is 38.2. The van der Waals surface area contributed by atoms with Crippen LogP contribution < -0.4 is 0 Å². The summed E-state index contributed by atoms with van der Waals surface area (Å²) in [6, 6.07) is 0. The van der Waals surface area contributed by atoms with Gasteiger partial charge in [-0.05, 0) is 77.0 Å². The zero-order valence-corrected chi connectivity index (χ0v) is 47.5. The normalized spacial score (nSPS) is 12.3. The molecule has 71 heavy (non-hydrogen) atoms. The van der Waals surface area contributed by atoms with E-state index in [1.54, 1.807) is 0 Å². The molecule has 0 radical (unpaired) electrons. The van der Waals surface area contributed by atoms with E-state index >= 15 is 0 Å². The van der Waals surface area contributed by atoms with Crippen LogP contribution >= 0.6 is 0 Å². The second kappa shape index (κ2) is 59.9. The van der Waals surface area contributed by atoms with Gasteiger partial charge >= 0.3 is 17.9 Å². The van der Waals surface area contributed by atoms with Gasteiger partial charge in [0.2, 0.25) is 0 Å². The van der Waals surface area contributed by atoms with Gasteiger partial charge in [0.25, 0.3) is 0 Å². The fourth-order valence-electron chi connectivity index (χ4n) is 9.16. The standard InChI is InChI=1S/C65H118O6/c1-4-7-10-13-16-19-22-25-27-28-29-30-31-32-33-34-35-36-37-39-40-43-46-49-52-55-58-64(67)70-61-62(60-69-63(66)57-54-51-48-45-42-24-21-18-15-12-9-6-3)71-65(68)59-56-53-50-47-44-41-38-26-23-20-17-14-11-8-5-2/h8,11,17-18,20-21,26,38,62H,4-7,9-10,12-16,19,22-25,27-37,39-61H2,1-3H3/b11-8-,20-17-,21-18-,38-26-. The molecule has 0 saturated carbocycles. The summed E-state index contributed by atoms with van der Waals surface area (Å²) in [6.07, 6.45) is 74.2. The molecular formula is C65H118O6. The summed E-state index contributed by atoms with van der Waals surface area (Å²) >= 11 is 0. The predicted octanol–water partition coefficient (Wildman–Crippen LogP) is 21.0. The summed E-state index contributed by atoms with van der Waals surface area (Å²) in [6.45, 7) is 6.53. The van der Waals surface area contributed by atoms with Crippen molar-refractivity contribution in [3.05, 3.63) is 48.6 Å². The third-order valence-corrected chi connectivity index (χ3v) is 13.8. The van der Waals surface area contributed by atoms with Crippen LogP contribution in [0, 0.1) is 0 Å². The van der Waals surface area contributed by atoms with E-state index in [9.17, 15) is 14.4 Å². The summed E-state index contributed by atoms with van der Waals surface area (Å²) in [5.41, 5.74) is 0. The first-order chi connectivity index (χ1) is 35.0. The van der Waals surface area contributed by atoms with E-state index in [2.05, 4.69) is 69.4 Å². The van der Waals surface area contributed by atoms with Crippen LogP contribution in [0.3, 0.4) is 0 Å². The molecule has 0 aromatic rings. The van der Waals surface area contributed by atoms with Gasteiger partial charge in [-0.3, -0.25) is 14.4 Å². The summed E-state index contributed by atoms with van der Waals surface area (Å²) in [5, 5.41) is 0. The SMILES string of the molecule is CC/C=C\C/C=C\C/C=C\CCCCCCCC(=O)OC(COC(=O)CCCCCCC/C=C\CCCCC)COC(=O)CCCCCCCCCCCCCCCCCCCCCCCCCCCC. The zero-order chi connectivity index (χ0) is 51.4. The molecule has 0 spiro atoms. The molecule has 0 aromatic carbocycles. The van der Waals surface area contributed by atoms with Crippen LogP contribution in [0.15, 0.2) is 48.6 Å². The van der Waals surface area contributed by atoms with Crippen LogP contribution in [0.2, 0.25) is 0 Å². The van der Waals surface area contributed by atoms with Crippen LogP contribution in [-0.2, 0) is 28.6 Å². The molecule has 0 saturated heterocycles. The second-order valence-electron chi connectivity index (χ2n) is 20.9. The lowest BCUT2D eigenvalue weighted by atomic mass is 10.0. The molecule has 0 bridgehead atoms. The quantitative estimate of drug-likeness (QED) is 0.0261. The summed E-state index contributed by atoms with van der Waals surface area (Å²) in [5.74, 6) is -0.890. The Hall–Kier alpha value is -2.63. The van der Waals surface area contributed by atoms with Gasteiger partial charge in [0.1, 0.15) is 13.2 Å². The van der Waals surface area contributed by atoms with Gasteiger partial charge in [-0.1, -0.05) is 281 Å². The molecule has 1 unspecified atom stereocenters. The molecule has 0 N–H and O–H groups in total. The van der Waals surface area contributed by atoms with Crippen LogP contribution in [-0.4, -0.2) is 37.2 Å². The lowest BCUT2D eigenvalue weighted by Gasteiger charge is -2.18. The molecule has 0 rings (SSSR count). The molecule has 6 heteroatoms. The Balaban J connectivity index is 4.20. The Morgan fingerprint density at radius 3 is 0.901 bits per heavy atom. The molecule has 0 aromatic heterocycles. The molecule has 0 heterocycles. The molecule has 0 aliphatic carbocycles. The van der Waals surface area contributed by atoms with E-state index < -0.39 is 6.10 Å². The first-order valence-corrected chi connectivity index (χ1v) is 31.1. The number of carbonyl (C=O) groups excluding carboxylic acids is 3. The van der Waals surface area contributed by atoms with Crippen molar-refractivity contribution >= 4 is 17.9 Å². The zero-order valence-electron chi connectivity index (χ0n) is 47.5. The van der Waals surface area contributed by atoms with E-state index in [4.69, 9.17) is 14.2 Å². The number of carbonyl (C=O) groups is 3. The van der Waals surface area contributed by atoms with E-state index in [-0.39, 0.29) is 31.1 Å². The van der Waals surface area contributed by atoms with Crippen LogP contribution in [0.4, 0.5) is 0 Å². The predicted molar refractivity (Wildman–Crippen MR) is 307 cm³/mol. The van der Waals surface area contributed by atoms with Gasteiger partial charge in [0, 0.05) is 19.3 Å². The number of ether oxygens (including phenoxy) is 3. The van der Waals surface area contributed by atoms with Crippen molar-refractivity contribution in [2.24, 2.45) is 0 Å². The van der Waals surface area contributed by atoms with Gasteiger partial charge in [0.15, 0.2) is 6.10 Å². The Labute approximate surface area is 441 Å². The first-order valence-electron chi connectivity index (χ1n) is 31.1. The summed E-state index contributed by atoms with van der Waals surface area (Å²) < 4.78 is 16.9.